The van der Waals surface area contributed by atoms with Gasteiger partial charge in [-0.1, -0.05) is 254 Å². The van der Waals surface area contributed by atoms with Gasteiger partial charge < -0.3 is 9.13 Å². The van der Waals surface area contributed by atoms with Gasteiger partial charge in [0.2, 0.25) is 0 Å². The predicted molar refractivity (Wildman–Crippen MR) is 358 cm³/mol. The summed E-state index contributed by atoms with van der Waals surface area (Å²) in [5.41, 5.74) is 24.1. The second-order valence-corrected chi connectivity index (χ2v) is 25.9. The number of aromatic nitrogens is 2. The lowest BCUT2D eigenvalue weighted by atomic mass is 9.62. The summed E-state index contributed by atoms with van der Waals surface area (Å²) in [7, 11) is 0. The number of fused-ring (bicyclic) bond motifs is 26. The van der Waals surface area contributed by atoms with Crippen LogP contribution < -0.4 is 0 Å². The minimum atomic E-state index is -0.633. The highest BCUT2D eigenvalue weighted by atomic mass is 32.2. The lowest BCUT2D eigenvalue weighted by Gasteiger charge is -2.46. The maximum absolute atomic E-state index is 2.59. The van der Waals surface area contributed by atoms with E-state index in [4.69, 9.17) is 0 Å². The SMILES string of the molecule is c1ccc(-c2ccc3c(c2)C2(c4cc(-c5ccccc5)ccc4S3)c3ccccc3-n3c4ccc(-c5ccc6ccc7c(c6c5)Sc5c(ccc6ccccc56)C75c6ccccc6-n6c7ccccc7c7cccc5c76)cc4c4cccc2c43)cc1. The Kier molecular flexibility index (Phi) is 9.49. The van der Waals surface area contributed by atoms with Crippen LogP contribution in [-0.2, 0) is 10.8 Å². The summed E-state index contributed by atoms with van der Waals surface area (Å²) < 4.78 is 5.14. The highest BCUT2D eigenvalue weighted by molar-refractivity contribution is 8.00. The Hall–Kier alpha value is -10.1. The van der Waals surface area contributed by atoms with E-state index in [9.17, 15) is 0 Å². The minimum Gasteiger partial charge on any atom is -0.309 e. The third-order valence-electron chi connectivity index (χ3n) is 19.8. The molecule has 4 aliphatic heterocycles. The third kappa shape index (κ3) is 6.00. The zero-order valence-corrected chi connectivity index (χ0v) is 48.1. The molecule has 2 nitrogen and oxygen atoms in total. The van der Waals surface area contributed by atoms with Gasteiger partial charge in [0.25, 0.3) is 0 Å². The molecule has 1 unspecified atom stereocenters. The van der Waals surface area contributed by atoms with E-state index in [-0.39, 0.29) is 0 Å². The maximum atomic E-state index is 2.59. The molecule has 14 aromatic carbocycles. The Morgan fingerprint density at radius 3 is 1.30 bits per heavy atom. The van der Waals surface area contributed by atoms with Crippen molar-refractivity contribution in [2.75, 3.05) is 0 Å². The van der Waals surface area contributed by atoms with Gasteiger partial charge in [0, 0.05) is 41.1 Å². The van der Waals surface area contributed by atoms with Gasteiger partial charge in [0.1, 0.15) is 0 Å². The van der Waals surface area contributed by atoms with E-state index in [1.165, 1.54) is 174 Å². The van der Waals surface area contributed by atoms with Crippen LogP contribution in [0.2, 0.25) is 0 Å². The van der Waals surface area contributed by atoms with Crippen LogP contribution in [0.3, 0.4) is 0 Å². The number of benzene rings is 14. The molecule has 0 aliphatic carbocycles. The first-order valence-electron chi connectivity index (χ1n) is 29.8. The predicted octanol–water partition coefficient (Wildman–Crippen LogP) is 21.5. The van der Waals surface area contributed by atoms with Crippen LogP contribution >= 0.6 is 23.5 Å². The van der Waals surface area contributed by atoms with Crippen LogP contribution in [0.25, 0.3) is 110 Å². The molecule has 20 rings (SSSR count). The molecule has 0 saturated carbocycles. The molecule has 86 heavy (non-hydrogen) atoms. The van der Waals surface area contributed by atoms with E-state index in [2.05, 4.69) is 300 Å². The normalized spacial score (nSPS) is 15.5. The van der Waals surface area contributed by atoms with Crippen molar-refractivity contribution in [3.05, 3.63) is 336 Å². The Bertz CT molecular complexity index is 5580. The van der Waals surface area contributed by atoms with Crippen molar-refractivity contribution >= 4 is 88.7 Å². The summed E-state index contributed by atoms with van der Waals surface area (Å²) in [6.07, 6.45) is 0. The van der Waals surface area contributed by atoms with Crippen molar-refractivity contribution in [1.29, 1.82) is 0 Å². The zero-order chi connectivity index (χ0) is 56.0. The number of rotatable bonds is 3. The molecule has 0 saturated heterocycles. The van der Waals surface area contributed by atoms with Crippen LogP contribution in [0.1, 0.15) is 44.5 Å². The second kappa shape index (κ2) is 17.3. The van der Waals surface area contributed by atoms with Crippen molar-refractivity contribution in [3.8, 4) is 44.8 Å². The quantitative estimate of drug-likeness (QED) is 0.174. The van der Waals surface area contributed by atoms with Crippen LogP contribution in [-0.4, -0.2) is 9.13 Å². The average molecular weight is 1130 g/mol. The standard InChI is InChI=1S/C82H48N2S2/c1-3-17-49(18-4-1)55-38-43-75-69(47-55)82(70-48-56(39-44-76(70)85-75)50-19-5-2-6-20-50)64-27-11-14-32-74(64)84-72-42-37-54(46-62(72)60-25-16-29-66(82)78(60)84)53-34-33-52-36-41-68-80(61(52)45-53)86-79-57-22-8-7-21-51(57)35-40-67(79)81(68)63-26-10-13-31-73(63)83-71-30-12-9-23-58(71)59-24-15-28-65(81)77(59)83/h1-48H. The Labute approximate surface area is 505 Å². The first-order chi connectivity index (χ1) is 42.6. The molecular formula is C82H48N2S2. The Balaban J connectivity index is 0.830. The molecule has 2 spiro atoms. The number of para-hydroxylation sites is 5. The summed E-state index contributed by atoms with van der Waals surface area (Å²) in [5.74, 6) is 0. The highest BCUT2D eigenvalue weighted by Gasteiger charge is 2.52. The molecule has 4 heteroatoms. The highest BCUT2D eigenvalue weighted by Crippen LogP contribution is 2.64. The third-order valence-corrected chi connectivity index (χ3v) is 22.2. The number of hydrogen-bond acceptors (Lipinski definition) is 2. The summed E-state index contributed by atoms with van der Waals surface area (Å²) in [5, 5.41) is 10.1. The first kappa shape index (κ1) is 47.3. The van der Waals surface area contributed by atoms with Crippen LogP contribution in [0.4, 0.5) is 0 Å². The topological polar surface area (TPSA) is 9.86 Å². The van der Waals surface area contributed by atoms with Crippen molar-refractivity contribution in [3.63, 3.8) is 0 Å². The minimum absolute atomic E-state index is 0.604. The van der Waals surface area contributed by atoms with Gasteiger partial charge in [0.05, 0.1) is 44.3 Å². The van der Waals surface area contributed by atoms with Gasteiger partial charge >= 0.3 is 0 Å². The van der Waals surface area contributed by atoms with E-state index >= 15 is 0 Å². The van der Waals surface area contributed by atoms with E-state index in [0.29, 0.717) is 0 Å². The molecule has 0 amide bonds. The molecule has 398 valence electrons. The molecule has 16 aromatic rings. The van der Waals surface area contributed by atoms with Gasteiger partial charge in [-0.2, -0.15) is 0 Å². The summed E-state index contributed by atoms with van der Waals surface area (Å²) in [4.78, 5) is 5.22. The fourth-order valence-electron chi connectivity index (χ4n) is 16.3. The van der Waals surface area contributed by atoms with E-state index in [1.54, 1.807) is 0 Å². The smallest absolute Gasteiger partial charge is 0.0764 e. The van der Waals surface area contributed by atoms with Gasteiger partial charge in [-0.25, -0.2) is 0 Å². The van der Waals surface area contributed by atoms with E-state index in [0.717, 1.165) is 0 Å². The molecule has 0 fully saturated rings. The summed E-state index contributed by atoms with van der Waals surface area (Å²) >= 11 is 3.87. The number of nitrogens with zero attached hydrogens (tertiary/aromatic N) is 2. The molecule has 2 aromatic heterocycles. The van der Waals surface area contributed by atoms with Crippen molar-refractivity contribution in [1.82, 2.24) is 9.13 Å². The van der Waals surface area contributed by atoms with Crippen molar-refractivity contribution in [2.45, 2.75) is 30.4 Å². The molecule has 0 radical (unpaired) electrons. The summed E-state index contributed by atoms with van der Waals surface area (Å²) in [6, 6.07) is 111. The van der Waals surface area contributed by atoms with Crippen molar-refractivity contribution in [2.24, 2.45) is 0 Å². The first-order valence-corrected chi connectivity index (χ1v) is 31.4. The van der Waals surface area contributed by atoms with Crippen molar-refractivity contribution < 1.29 is 0 Å². The number of hydrogen-bond donors (Lipinski definition) is 0. The fraction of sp³-hybridized carbons (Fsp3) is 0.0244. The largest absolute Gasteiger partial charge is 0.309 e. The van der Waals surface area contributed by atoms with Crippen LogP contribution in [0, 0.1) is 0 Å². The lowest BCUT2D eigenvalue weighted by Crippen LogP contribution is -2.37. The zero-order valence-electron chi connectivity index (χ0n) is 46.4. The van der Waals surface area contributed by atoms with Crippen LogP contribution in [0.5, 0.6) is 0 Å². The fourth-order valence-corrected chi connectivity index (χ4v) is 18.9. The molecule has 4 aliphatic rings. The average Bonchev–Trinajstić information content (AvgIpc) is 1.15. The molecular weight excluding hydrogens is 1080 g/mol. The second-order valence-electron chi connectivity index (χ2n) is 23.8. The van der Waals surface area contributed by atoms with Gasteiger partial charge in [0.15, 0.2) is 0 Å². The molecule has 1 atom stereocenters. The molecule has 6 heterocycles. The maximum Gasteiger partial charge on any atom is 0.0764 e. The van der Waals surface area contributed by atoms with E-state index < -0.39 is 10.8 Å². The van der Waals surface area contributed by atoms with Gasteiger partial charge in [-0.15, -0.1) is 0 Å². The lowest BCUT2D eigenvalue weighted by molar-refractivity contribution is 0.690. The van der Waals surface area contributed by atoms with Crippen LogP contribution in [0.15, 0.2) is 311 Å². The van der Waals surface area contributed by atoms with Gasteiger partial charge in [-0.3, -0.25) is 0 Å². The van der Waals surface area contributed by atoms with E-state index in [1.807, 2.05) is 23.5 Å². The van der Waals surface area contributed by atoms with Gasteiger partial charge in [-0.05, 0) is 160 Å². The molecule has 0 bridgehead atoms. The molecule has 0 N–H and O–H groups in total. The Morgan fingerprint density at radius 1 is 0.233 bits per heavy atom. The Morgan fingerprint density at radius 2 is 0.663 bits per heavy atom. The summed E-state index contributed by atoms with van der Waals surface area (Å²) in [6.45, 7) is 0. The monoisotopic (exact) mass is 1120 g/mol.